The Labute approximate surface area is 71.8 Å². The molecule has 1 aromatic rings. The van der Waals surface area contributed by atoms with Crippen molar-refractivity contribution in [1.82, 2.24) is 4.37 Å². The molecular weight excluding hydrogens is 156 g/mol. The first-order chi connectivity index (χ1) is 4.97. The van der Waals surface area contributed by atoms with Crippen LogP contribution in [0.2, 0.25) is 0 Å². The molecule has 0 amide bonds. The van der Waals surface area contributed by atoms with Crippen molar-refractivity contribution in [2.24, 2.45) is 0 Å². The minimum absolute atomic E-state index is 0.112. The molecule has 0 spiro atoms. The first-order valence-electron chi connectivity index (χ1n) is 3.69. The van der Waals surface area contributed by atoms with E-state index in [9.17, 15) is 0 Å². The Kier molecular flexibility index (Phi) is 2.18. The number of rotatable bonds is 1. The molecule has 0 aliphatic heterocycles. The van der Waals surface area contributed by atoms with Gasteiger partial charge >= 0.3 is 0 Å². The number of nitrogens with one attached hydrogen (secondary N) is 1. The van der Waals surface area contributed by atoms with Gasteiger partial charge in [-0.3, -0.25) is 0 Å². The molecule has 0 aliphatic carbocycles. The summed E-state index contributed by atoms with van der Waals surface area (Å²) in [4.78, 5) is 1.25. The molecule has 1 heterocycles. The predicted octanol–water partition coefficient (Wildman–Crippen LogP) is 2.66. The molecular formula is C8H14N2S. The molecule has 0 atom stereocenters. The Hall–Kier alpha value is -0.570. The van der Waals surface area contributed by atoms with Crippen molar-refractivity contribution in [1.29, 1.82) is 0 Å². The second-order valence-corrected chi connectivity index (χ2v) is 4.71. The maximum Gasteiger partial charge on any atom is 0.140 e. The van der Waals surface area contributed by atoms with Gasteiger partial charge in [-0.25, -0.2) is 0 Å². The molecule has 1 rings (SSSR count). The molecule has 0 saturated heterocycles. The van der Waals surface area contributed by atoms with E-state index in [2.05, 4.69) is 43.5 Å². The third-order valence-electron chi connectivity index (χ3n) is 1.13. The molecule has 0 aromatic carbocycles. The first kappa shape index (κ1) is 8.53. The molecule has 2 nitrogen and oxygen atoms in total. The van der Waals surface area contributed by atoms with Crippen molar-refractivity contribution in [2.45, 2.75) is 33.2 Å². The molecule has 0 fully saturated rings. The summed E-state index contributed by atoms with van der Waals surface area (Å²) in [5.41, 5.74) is 0.112. The highest BCUT2D eigenvalue weighted by molar-refractivity contribution is 7.05. The monoisotopic (exact) mass is 170 g/mol. The smallest absolute Gasteiger partial charge is 0.140 e. The van der Waals surface area contributed by atoms with Gasteiger partial charge in [0, 0.05) is 10.4 Å². The van der Waals surface area contributed by atoms with Gasteiger partial charge in [0.15, 0.2) is 0 Å². The van der Waals surface area contributed by atoms with Crippen molar-refractivity contribution in [3.63, 3.8) is 0 Å². The molecule has 0 unspecified atom stereocenters. The van der Waals surface area contributed by atoms with E-state index in [0.717, 1.165) is 5.82 Å². The molecule has 11 heavy (non-hydrogen) atoms. The van der Waals surface area contributed by atoms with E-state index in [1.165, 1.54) is 16.4 Å². The molecule has 0 bridgehead atoms. The zero-order valence-electron chi connectivity index (χ0n) is 7.43. The number of nitrogens with zero attached hydrogens (tertiary/aromatic N) is 1. The zero-order valence-corrected chi connectivity index (χ0v) is 8.25. The molecule has 0 radical (unpaired) electrons. The van der Waals surface area contributed by atoms with Crippen molar-refractivity contribution in [2.75, 3.05) is 5.32 Å². The Balaban J connectivity index is 2.65. The lowest BCUT2D eigenvalue weighted by molar-refractivity contribution is 0.632. The van der Waals surface area contributed by atoms with E-state index >= 15 is 0 Å². The standard InChI is InChI=1S/C8H14N2S/c1-6-5-7(10-11-6)9-8(2,3)4/h5H,1-4H3,(H,9,10). The van der Waals surface area contributed by atoms with Crippen molar-refractivity contribution in [3.05, 3.63) is 10.9 Å². The highest BCUT2D eigenvalue weighted by Crippen LogP contribution is 2.16. The summed E-state index contributed by atoms with van der Waals surface area (Å²) < 4.78 is 4.23. The topological polar surface area (TPSA) is 24.9 Å². The van der Waals surface area contributed by atoms with E-state index in [-0.39, 0.29) is 5.54 Å². The van der Waals surface area contributed by atoms with Crippen LogP contribution in [-0.2, 0) is 0 Å². The lowest BCUT2D eigenvalue weighted by Crippen LogP contribution is -2.26. The van der Waals surface area contributed by atoms with Crippen LogP contribution in [0.15, 0.2) is 6.07 Å². The van der Waals surface area contributed by atoms with E-state index < -0.39 is 0 Å². The normalized spacial score (nSPS) is 11.6. The Bertz CT molecular complexity index is 234. The lowest BCUT2D eigenvalue weighted by atomic mass is 10.1. The van der Waals surface area contributed by atoms with Crippen LogP contribution in [0.1, 0.15) is 25.6 Å². The number of aromatic nitrogens is 1. The van der Waals surface area contributed by atoms with E-state index in [1.807, 2.05) is 0 Å². The number of hydrogen-bond donors (Lipinski definition) is 1. The fourth-order valence-corrected chi connectivity index (χ4v) is 1.31. The van der Waals surface area contributed by atoms with E-state index in [4.69, 9.17) is 0 Å². The Morgan fingerprint density at radius 3 is 2.45 bits per heavy atom. The van der Waals surface area contributed by atoms with E-state index in [0.29, 0.717) is 0 Å². The Morgan fingerprint density at radius 1 is 1.45 bits per heavy atom. The van der Waals surface area contributed by atoms with Gasteiger partial charge < -0.3 is 5.32 Å². The van der Waals surface area contributed by atoms with Gasteiger partial charge in [-0.15, -0.1) is 0 Å². The van der Waals surface area contributed by atoms with Gasteiger partial charge in [-0.1, -0.05) is 0 Å². The van der Waals surface area contributed by atoms with Crippen LogP contribution in [0.5, 0.6) is 0 Å². The van der Waals surface area contributed by atoms with Gasteiger partial charge in [0.05, 0.1) is 0 Å². The molecule has 1 N–H and O–H groups in total. The van der Waals surface area contributed by atoms with Gasteiger partial charge in [0.1, 0.15) is 5.82 Å². The maximum atomic E-state index is 4.23. The summed E-state index contributed by atoms with van der Waals surface area (Å²) in [7, 11) is 0. The van der Waals surface area contributed by atoms with Crippen molar-refractivity contribution >= 4 is 17.4 Å². The minimum atomic E-state index is 0.112. The van der Waals surface area contributed by atoms with Gasteiger partial charge in [-0.2, -0.15) is 4.37 Å². The largest absolute Gasteiger partial charge is 0.365 e. The summed E-state index contributed by atoms with van der Waals surface area (Å²) >= 11 is 1.53. The average Bonchev–Trinajstić information content (AvgIpc) is 2.10. The quantitative estimate of drug-likeness (QED) is 0.701. The summed E-state index contributed by atoms with van der Waals surface area (Å²) in [5.74, 6) is 0.986. The molecule has 62 valence electrons. The fourth-order valence-electron chi connectivity index (χ4n) is 0.810. The number of aryl methyl sites for hydroxylation is 1. The van der Waals surface area contributed by atoms with Crippen LogP contribution in [0, 0.1) is 6.92 Å². The van der Waals surface area contributed by atoms with Gasteiger partial charge in [0.2, 0.25) is 0 Å². The predicted molar refractivity (Wildman–Crippen MR) is 50.2 cm³/mol. The second-order valence-electron chi connectivity index (χ2n) is 3.70. The molecule has 0 aliphatic rings. The summed E-state index contributed by atoms with van der Waals surface area (Å²) in [6.45, 7) is 8.44. The van der Waals surface area contributed by atoms with Gasteiger partial charge in [-0.05, 0) is 45.3 Å². The Morgan fingerprint density at radius 2 is 2.09 bits per heavy atom. The fraction of sp³-hybridized carbons (Fsp3) is 0.625. The van der Waals surface area contributed by atoms with Crippen LogP contribution >= 0.6 is 11.5 Å². The van der Waals surface area contributed by atoms with E-state index in [1.54, 1.807) is 0 Å². The van der Waals surface area contributed by atoms with Crippen LogP contribution in [-0.4, -0.2) is 9.91 Å². The van der Waals surface area contributed by atoms with Crippen LogP contribution in [0.4, 0.5) is 5.82 Å². The lowest BCUT2D eigenvalue weighted by Gasteiger charge is -2.19. The van der Waals surface area contributed by atoms with Crippen molar-refractivity contribution < 1.29 is 0 Å². The third-order valence-corrected chi connectivity index (χ3v) is 1.82. The zero-order chi connectivity index (χ0) is 8.48. The average molecular weight is 170 g/mol. The molecule has 3 heteroatoms. The van der Waals surface area contributed by atoms with Crippen LogP contribution < -0.4 is 5.32 Å². The summed E-state index contributed by atoms with van der Waals surface area (Å²) in [6, 6.07) is 2.07. The number of hydrogen-bond acceptors (Lipinski definition) is 3. The van der Waals surface area contributed by atoms with Crippen LogP contribution in [0.25, 0.3) is 0 Å². The summed E-state index contributed by atoms with van der Waals surface area (Å²) in [6.07, 6.45) is 0. The highest BCUT2D eigenvalue weighted by Gasteiger charge is 2.10. The van der Waals surface area contributed by atoms with Gasteiger partial charge in [0.25, 0.3) is 0 Å². The third kappa shape index (κ3) is 2.89. The second kappa shape index (κ2) is 2.81. The molecule has 0 saturated carbocycles. The SMILES string of the molecule is Cc1cc(NC(C)(C)C)ns1. The minimum Gasteiger partial charge on any atom is -0.365 e. The van der Waals surface area contributed by atoms with Crippen LogP contribution in [0.3, 0.4) is 0 Å². The first-order valence-corrected chi connectivity index (χ1v) is 4.46. The highest BCUT2D eigenvalue weighted by atomic mass is 32.1. The number of anilines is 1. The summed E-state index contributed by atoms with van der Waals surface area (Å²) in [5, 5.41) is 3.30. The maximum absolute atomic E-state index is 4.23. The molecule has 1 aromatic heterocycles. The van der Waals surface area contributed by atoms with Crippen molar-refractivity contribution in [3.8, 4) is 0 Å².